The summed E-state index contributed by atoms with van der Waals surface area (Å²) in [6.45, 7) is 2.11. The second kappa shape index (κ2) is 5.62. The van der Waals surface area contributed by atoms with Gasteiger partial charge in [0.25, 0.3) is 11.8 Å². The molecule has 0 aliphatic heterocycles. The van der Waals surface area contributed by atoms with Crippen LogP contribution in [0, 0.1) is 6.92 Å². The number of carbonyl (C=O) groups is 1. The normalized spacial score (nSPS) is 10.5. The standard InChI is InChI=1S/C15H13N3O3/c1-10-17-15(21-18-10)12-6-4-11(5-7-12)14(19)16-9-13-3-2-8-20-13/h2-8H,9H2,1H3,(H,16,19). The lowest BCUT2D eigenvalue weighted by atomic mass is 10.1. The van der Waals surface area contributed by atoms with Crippen LogP contribution >= 0.6 is 0 Å². The Morgan fingerprint density at radius 3 is 2.67 bits per heavy atom. The molecular weight excluding hydrogens is 270 g/mol. The van der Waals surface area contributed by atoms with Gasteiger partial charge in [-0.2, -0.15) is 4.98 Å². The Labute approximate surface area is 120 Å². The zero-order valence-electron chi connectivity index (χ0n) is 11.4. The molecule has 1 amide bonds. The summed E-state index contributed by atoms with van der Waals surface area (Å²) < 4.78 is 10.2. The van der Waals surface area contributed by atoms with Gasteiger partial charge in [-0.3, -0.25) is 4.79 Å². The van der Waals surface area contributed by atoms with Gasteiger partial charge in [0.2, 0.25) is 0 Å². The van der Waals surface area contributed by atoms with E-state index in [0.29, 0.717) is 29.6 Å². The number of aromatic nitrogens is 2. The maximum absolute atomic E-state index is 12.0. The summed E-state index contributed by atoms with van der Waals surface area (Å²) in [6.07, 6.45) is 1.57. The van der Waals surface area contributed by atoms with Crippen LogP contribution in [0.3, 0.4) is 0 Å². The maximum atomic E-state index is 12.0. The van der Waals surface area contributed by atoms with Gasteiger partial charge in [0, 0.05) is 11.1 Å². The van der Waals surface area contributed by atoms with E-state index in [-0.39, 0.29) is 5.91 Å². The van der Waals surface area contributed by atoms with Crippen molar-refractivity contribution < 1.29 is 13.7 Å². The number of nitrogens with one attached hydrogen (secondary N) is 1. The second-order valence-corrected chi connectivity index (χ2v) is 4.49. The van der Waals surface area contributed by atoms with Crippen LogP contribution in [-0.4, -0.2) is 16.0 Å². The lowest BCUT2D eigenvalue weighted by Crippen LogP contribution is -2.22. The first-order valence-electron chi connectivity index (χ1n) is 6.44. The summed E-state index contributed by atoms with van der Waals surface area (Å²) in [4.78, 5) is 16.1. The Morgan fingerprint density at radius 2 is 2.05 bits per heavy atom. The van der Waals surface area contributed by atoms with E-state index in [1.165, 1.54) is 0 Å². The van der Waals surface area contributed by atoms with E-state index >= 15 is 0 Å². The van der Waals surface area contributed by atoms with Crippen molar-refractivity contribution >= 4 is 5.91 Å². The van der Waals surface area contributed by atoms with E-state index in [2.05, 4.69) is 15.5 Å². The molecule has 3 rings (SSSR count). The van der Waals surface area contributed by atoms with Gasteiger partial charge >= 0.3 is 0 Å². The minimum atomic E-state index is -0.167. The zero-order chi connectivity index (χ0) is 14.7. The van der Waals surface area contributed by atoms with Gasteiger partial charge in [-0.25, -0.2) is 0 Å². The van der Waals surface area contributed by atoms with Gasteiger partial charge in [0.1, 0.15) is 5.76 Å². The van der Waals surface area contributed by atoms with Crippen molar-refractivity contribution in [3.05, 3.63) is 59.8 Å². The number of rotatable bonds is 4. The Bertz CT molecular complexity index is 730. The maximum Gasteiger partial charge on any atom is 0.257 e. The highest BCUT2D eigenvalue weighted by atomic mass is 16.5. The first kappa shape index (κ1) is 13.1. The molecule has 0 saturated carbocycles. The molecule has 1 aromatic carbocycles. The van der Waals surface area contributed by atoms with Gasteiger partial charge in [-0.05, 0) is 43.3 Å². The van der Waals surface area contributed by atoms with Crippen molar-refractivity contribution in [1.29, 1.82) is 0 Å². The molecule has 21 heavy (non-hydrogen) atoms. The SMILES string of the molecule is Cc1noc(-c2ccc(C(=O)NCc3ccco3)cc2)n1. The molecule has 0 bridgehead atoms. The Kier molecular flexibility index (Phi) is 3.51. The van der Waals surface area contributed by atoms with Gasteiger partial charge in [0.05, 0.1) is 12.8 Å². The predicted molar refractivity (Wildman–Crippen MR) is 74.3 cm³/mol. The zero-order valence-corrected chi connectivity index (χ0v) is 11.4. The summed E-state index contributed by atoms with van der Waals surface area (Å²) in [5.74, 6) is 1.56. The minimum Gasteiger partial charge on any atom is -0.467 e. The fourth-order valence-corrected chi connectivity index (χ4v) is 1.86. The van der Waals surface area contributed by atoms with Gasteiger partial charge < -0.3 is 14.3 Å². The van der Waals surface area contributed by atoms with Crippen molar-refractivity contribution in [3.63, 3.8) is 0 Å². The van der Waals surface area contributed by atoms with Gasteiger partial charge in [0.15, 0.2) is 5.82 Å². The third-order valence-electron chi connectivity index (χ3n) is 2.92. The fourth-order valence-electron chi connectivity index (χ4n) is 1.86. The van der Waals surface area contributed by atoms with Crippen molar-refractivity contribution in [3.8, 4) is 11.5 Å². The smallest absolute Gasteiger partial charge is 0.257 e. The molecule has 2 aromatic heterocycles. The number of hydrogen-bond acceptors (Lipinski definition) is 5. The summed E-state index contributed by atoms with van der Waals surface area (Å²) in [5, 5.41) is 6.51. The Hall–Kier alpha value is -2.89. The van der Waals surface area contributed by atoms with E-state index in [1.54, 1.807) is 49.6 Å². The van der Waals surface area contributed by atoms with Crippen LogP contribution in [0.2, 0.25) is 0 Å². The molecule has 0 aliphatic carbocycles. The van der Waals surface area contributed by atoms with Crippen LogP contribution in [0.15, 0.2) is 51.6 Å². The molecule has 0 aliphatic rings. The van der Waals surface area contributed by atoms with Crippen molar-refractivity contribution in [2.45, 2.75) is 13.5 Å². The lowest BCUT2D eigenvalue weighted by molar-refractivity contribution is 0.0948. The van der Waals surface area contributed by atoms with Crippen LogP contribution in [0.4, 0.5) is 0 Å². The molecule has 3 aromatic rings. The highest BCUT2D eigenvalue weighted by molar-refractivity contribution is 5.94. The minimum absolute atomic E-state index is 0.167. The fraction of sp³-hybridized carbons (Fsp3) is 0.133. The first-order valence-corrected chi connectivity index (χ1v) is 6.44. The lowest BCUT2D eigenvalue weighted by Gasteiger charge is -2.03. The number of hydrogen-bond donors (Lipinski definition) is 1. The summed E-state index contributed by atoms with van der Waals surface area (Å²) in [6, 6.07) is 10.6. The molecule has 2 heterocycles. The number of benzene rings is 1. The molecule has 0 atom stereocenters. The first-order chi connectivity index (χ1) is 10.2. The number of nitrogens with zero attached hydrogens (tertiary/aromatic N) is 2. The summed E-state index contributed by atoms with van der Waals surface area (Å²) in [7, 11) is 0. The van der Waals surface area contributed by atoms with Gasteiger partial charge in [-0.1, -0.05) is 5.16 Å². The molecule has 0 saturated heterocycles. The largest absolute Gasteiger partial charge is 0.467 e. The number of furan rings is 1. The van der Waals surface area contributed by atoms with E-state index < -0.39 is 0 Å². The van der Waals surface area contributed by atoms with Crippen LogP contribution in [0.1, 0.15) is 21.9 Å². The average molecular weight is 283 g/mol. The molecule has 0 fully saturated rings. The van der Waals surface area contributed by atoms with E-state index in [4.69, 9.17) is 8.94 Å². The molecule has 6 nitrogen and oxygen atoms in total. The highest BCUT2D eigenvalue weighted by Gasteiger charge is 2.09. The van der Waals surface area contributed by atoms with Crippen LogP contribution in [-0.2, 0) is 6.54 Å². The Balaban J connectivity index is 1.67. The third kappa shape index (κ3) is 3.00. The van der Waals surface area contributed by atoms with Crippen molar-refractivity contribution in [2.75, 3.05) is 0 Å². The molecule has 0 unspecified atom stereocenters. The molecule has 6 heteroatoms. The third-order valence-corrected chi connectivity index (χ3v) is 2.92. The predicted octanol–water partition coefficient (Wildman–Crippen LogP) is 2.57. The van der Waals surface area contributed by atoms with E-state index in [0.717, 1.165) is 5.56 Å². The van der Waals surface area contributed by atoms with Crippen molar-refractivity contribution in [1.82, 2.24) is 15.5 Å². The average Bonchev–Trinajstić information content (AvgIpc) is 3.16. The summed E-state index contributed by atoms with van der Waals surface area (Å²) in [5.41, 5.74) is 1.33. The second-order valence-electron chi connectivity index (χ2n) is 4.49. The summed E-state index contributed by atoms with van der Waals surface area (Å²) >= 11 is 0. The molecule has 0 spiro atoms. The number of amides is 1. The molecular formula is C15H13N3O3. The Morgan fingerprint density at radius 1 is 1.24 bits per heavy atom. The number of carbonyl (C=O) groups excluding carboxylic acids is 1. The van der Waals surface area contributed by atoms with E-state index in [1.807, 2.05) is 0 Å². The quantitative estimate of drug-likeness (QED) is 0.795. The topological polar surface area (TPSA) is 81.2 Å². The van der Waals surface area contributed by atoms with Crippen LogP contribution in [0.5, 0.6) is 0 Å². The van der Waals surface area contributed by atoms with Crippen LogP contribution < -0.4 is 5.32 Å². The van der Waals surface area contributed by atoms with Gasteiger partial charge in [-0.15, -0.1) is 0 Å². The highest BCUT2D eigenvalue weighted by Crippen LogP contribution is 2.17. The molecule has 0 radical (unpaired) electrons. The van der Waals surface area contributed by atoms with Crippen LogP contribution in [0.25, 0.3) is 11.5 Å². The van der Waals surface area contributed by atoms with Crippen molar-refractivity contribution in [2.24, 2.45) is 0 Å². The number of aryl methyl sites for hydroxylation is 1. The molecule has 106 valence electrons. The van der Waals surface area contributed by atoms with E-state index in [9.17, 15) is 4.79 Å². The monoisotopic (exact) mass is 283 g/mol. The molecule has 1 N–H and O–H groups in total.